The minimum Gasteiger partial charge on any atom is -0.467 e. The maximum absolute atomic E-state index is 13.4. The topological polar surface area (TPSA) is 85.2 Å². The summed E-state index contributed by atoms with van der Waals surface area (Å²) in [5.74, 6) is -0.0506. The fourth-order valence-electron chi connectivity index (χ4n) is 4.23. The van der Waals surface area contributed by atoms with Crippen LogP contribution in [0.2, 0.25) is 5.02 Å². The third-order valence-electron chi connectivity index (χ3n) is 6.26. The summed E-state index contributed by atoms with van der Waals surface area (Å²) in [6.45, 7) is 1.20. The number of rotatable bonds is 12. The molecule has 4 aromatic rings. The molecule has 1 amide bonds. The SMILES string of the molecule is COC(=O)[C@H](CCSC)NC(=O)c1ccc(NCc2cncn2Cc2cccc(Cl)c2)cc1-c1ccccc1. The summed E-state index contributed by atoms with van der Waals surface area (Å²) < 4.78 is 6.98. The molecule has 1 aromatic heterocycles. The highest BCUT2D eigenvalue weighted by molar-refractivity contribution is 7.98. The molecule has 0 spiro atoms. The van der Waals surface area contributed by atoms with E-state index in [-0.39, 0.29) is 5.91 Å². The van der Waals surface area contributed by atoms with Crippen LogP contribution in [0.5, 0.6) is 0 Å². The van der Waals surface area contributed by atoms with E-state index >= 15 is 0 Å². The lowest BCUT2D eigenvalue weighted by molar-refractivity contribution is -0.142. The minimum atomic E-state index is -0.712. The van der Waals surface area contributed by atoms with Crippen molar-refractivity contribution in [1.82, 2.24) is 14.9 Å². The average Bonchev–Trinajstić information content (AvgIpc) is 3.40. The highest BCUT2D eigenvalue weighted by atomic mass is 35.5. The molecular formula is C30H31ClN4O3S. The number of ether oxygens (including phenoxy) is 1. The molecule has 0 saturated heterocycles. The van der Waals surface area contributed by atoms with Crippen molar-refractivity contribution in [3.63, 3.8) is 0 Å². The lowest BCUT2D eigenvalue weighted by Crippen LogP contribution is -2.42. The van der Waals surface area contributed by atoms with Crippen LogP contribution >= 0.6 is 23.4 Å². The van der Waals surface area contributed by atoms with Crippen molar-refractivity contribution in [3.8, 4) is 11.1 Å². The second kappa shape index (κ2) is 13.9. The second-order valence-electron chi connectivity index (χ2n) is 8.95. The van der Waals surface area contributed by atoms with Gasteiger partial charge in [-0.1, -0.05) is 54.1 Å². The summed E-state index contributed by atoms with van der Waals surface area (Å²) in [4.78, 5) is 30.0. The van der Waals surface area contributed by atoms with Crippen LogP contribution in [0.15, 0.2) is 85.3 Å². The Morgan fingerprint density at radius 2 is 1.90 bits per heavy atom. The highest BCUT2D eigenvalue weighted by Crippen LogP contribution is 2.28. The van der Waals surface area contributed by atoms with E-state index in [9.17, 15) is 9.59 Å². The molecule has 1 heterocycles. The van der Waals surface area contributed by atoms with E-state index in [0.29, 0.717) is 30.1 Å². The number of benzene rings is 3. The standard InChI is InChI=1S/C30H31ClN4O3S/c1-38-30(37)28(13-14-39-2)34-29(36)26-12-11-24(16-27(26)22-8-4-3-5-9-22)33-18-25-17-32-20-35(25)19-21-7-6-10-23(31)15-21/h3-12,15-17,20,28,33H,13-14,18-19H2,1-2H3,(H,34,36)/t28-/m0/s1. The van der Waals surface area contributed by atoms with Crippen LogP contribution in [0.3, 0.4) is 0 Å². The fourth-order valence-corrected chi connectivity index (χ4v) is 4.92. The van der Waals surface area contributed by atoms with E-state index in [1.54, 1.807) is 24.2 Å². The smallest absolute Gasteiger partial charge is 0.328 e. The third kappa shape index (κ3) is 7.65. The molecule has 0 radical (unpaired) electrons. The van der Waals surface area contributed by atoms with Crippen molar-refractivity contribution in [1.29, 1.82) is 0 Å². The maximum Gasteiger partial charge on any atom is 0.328 e. The molecule has 0 bridgehead atoms. The van der Waals surface area contributed by atoms with Gasteiger partial charge in [-0.05, 0) is 65.5 Å². The Labute approximate surface area is 237 Å². The van der Waals surface area contributed by atoms with E-state index in [2.05, 4.69) is 20.2 Å². The number of nitrogens with one attached hydrogen (secondary N) is 2. The summed E-state index contributed by atoms with van der Waals surface area (Å²) in [6.07, 6.45) is 6.08. The van der Waals surface area contributed by atoms with Crippen molar-refractivity contribution >= 4 is 40.9 Å². The number of thioether (sulfide) groups is 1. The number of aromatic nitrogens is 2. The van der Waals surface area contributed by atoms with Gasteiger partial charge in [0.2, 0.25) is 0 Å². The van der Waals surface area contributed by atoms with Crippen LogP contribution < -0.4 is 10.6 Å². The van der Waals surface area contributed by atoms with Crippen molar-refractivity contribution in [3.05, 3.63) is 107 Å². The molecule has 3 aromatic carbocycles. The van der Waals surface area contributed by atoms with Crippen LogP contribution in [0, 0.1) is 0 Å². The summed E-state index contributed by atoms with van der Waals surface area (Å²) in [5, 5.41) is 7.03. The van der Waals surface area contributed by atoms with Crippen molar-refractivity contribution in [2.75, 3.05) is 24.4 Å². The normalized spacial score (nSPS) is 11.6. The van der Waals surface area contributed by atoms with Gasteiger partial charge in [-0.15, -0.1) is 0 Å². The van der Waals surface area contributed by atoms with E-state index < -0.39 is 12.0 Å². The van der Waals surface area contributed by atoms with Gasteiger partial charge in [0.1, 0.15) is 6.04 Å². The predicted molar refractivity (Wildman–Crippen MR) is 158 cm³/mol. The van der Waals surface area contributed by atoms with Crippen LogP contribution in [0.1, 0.15) is 28.0 Å². The Hall–Kier alpha value is -3.75. The number of nitrogens with zero attached hydrogens (tertiary/aromatic N) is 2. The zero-order valence-corrected chi connectivity index (χ0v) is 23.5. The number of hydrogen-bond donors (Lipinski definition) is 2. The summed E-state index contributed by atoms with van der Waals surface area (Å²) in [6, 6.07) is 22.4. The number of anilines is 1. The van der Waals surface area contributed by atoms with Gasteiger partial charge in [-0.3, -0.25) is 4.79 Å². The summed E-state index contributed by atoms with van der Waals surface area (Å²) >= 11 is 7.76. The van der Waals surface area contributed by atoms with Gasteiger partial charge in [0.15, 0.2) is 0 Å². The zero-order chi connectivity index (χ0) is 27.6. The number of carbonyl (C=O) groups is 2. The van der Waals surface area contributed by atoms with Crippen molar-refractivity contribution in [2.45, 2.75) is 25.6 Å². The number of carbonyl (C=O) groups excluding carboxylic acids is 2. The number of imidazole rings is 1. The van der Waals surface area contributed by atoms with E-state index in [0.717, 1.165) is 33.8 Å². The molecule has 0 fully saturated rings. The Kier molecular flexibility index (Phi) is 10.1. The monoisotopic (exact) mass is 562 g/mol. The lowest BCUT2D eigenvalue weighted by atomic mass is 9.98. The van der Waals surface area contributed by atoms with E-state index in [1.165, 1.54) is 7.11 Å². The Bertz CT molecular complexity index is 1410. The first kappa shape index (κ1) is 28.3. The molecule has 0 aliphatic heterocycles. The molecule has 4 rings (SSSR count). The number of halogens is 1. The molecule has 0 unspecified atom stereocenters. The molecule has 39 heavy (non-hydrogen) atoms. The fraction of sp³-hybridized carbons (Fsp3) is 0.233. The minimum absolute atomic E-state index is 0.323. The largest absolute Gasteiger partial charge is 0.467 e. The van der Waals surface area contributed by atoms with E-state index in [4.69, 9.17) is 16.3 Å². The van der Waals surface area contributed by atoms with Gasteiger partial charge in [-0.2, -0.15) is 11.8 Å². The first-order chi connectivity index (χ1) is 19.0. The summed E-state index contributed by atoms with van der Waals surface area (Å²) in [7, 11) is 1.33. The molecule has 0 aliphatic carbocycles. The van der Waals surface area contributed by atoms with Crippen LogP contribution in [-0.4, -0.2) is 46.6 Å². The molecule has 202 valence electrons. The molecule has 1 atom stereocenters. The first-order valence-electron chi connectivity index (χ1n) is 12.5. The number of hydrogen-bond acceptors (Lipinski definition) is 6. The van der Waals surface area contributed by atoms with Gasteiger partial charge in [0.05, 0.1) is 25.7 Å². The molecule has 2 N–H and O–H groups in total. The molecule has 0 saturated carbocycles. The second-order valence-corrected chi connectivity index (χ2v) is 10.4. The highest BCUT2D eigenvalue weighted by Gasteiger charge is 2.23. The van der Waals surface area contributed by atoms with Gasteiger partial charge < -0.3 is 19.9 Å². The van der Waals surface area contributed by atoms with Crippen molar-refractivity contribution < 1.29 is 14.3 Å². The van der Waals surface area contributed by atoms with Crippen molar-refractivity contribution in [2.24, 2.45) is 0 Å². The summed E-state index contributed by atoms with van der Waals surface area (Å²) in [5.41, 5.74) is 5.10. The van der Waals surface area contributed by atoms with Gasteiger partial charge >= 0.3 is 5.97 Å². The van der Waals surface area contributed by atoms with Crippen LogP contribution in [0.25, 0.3) is 11.1 Å². The Morgan fingerprint density at radius 1 is 1.08 bits per heavy atom. The number of methoxy groups -OCH3 is 1. The molecular weight excluding hydrogens is 532 g/mol. The van der Waals surface area contributed by atoms with Crippen LogP contribution in [0.4, 0.5) is 5.69 Å². The quantitative estimate of drug-likeness (QED) is 0.209. The third-order valence-corrected chi connectivity index (χ3v) is 7.14. The predicted octanol–water partition coefficient (Wildman–Crippen LogP) is 5.89. The first-order valence-corrected chi connectivity index (χ1v) is 14.3. The zero-order valence-electron chi connectivity index (χ0n) is 21.9. The Morgan fingerprint density at radius 3 is 2.64 bits per heavy atom. The molecule has 0 aliphatic rings. The molecule has 9 heteroatoms. The Balaban J connectivity index is 1.54. The number of esters is 1. The maximum atomic E-state index is 13.4. The molecule has 7 nitrogen and oxygen atoms in total. The van der Waals surface area contributed by atoms with E-state index in [1.807, 2.05) is 79.2 Å². The van der Waals surface area contributed by atoms with Crippen LogP contribution in [-0.2, 0) is 22.6 Å². The van der Waals surface area contributed by atoms with Gasteiger partial charge in [0.25, 0.3) is 5.91 Å². The number of amides is 1. The van der Waals surface area contributed by atoms with Gasteiger partial charge in [0, 0.05) is 29.0 Å². The lowest BCUT2D eigenvalue weighted by Gasteiger charge is -2.18. The average molecular weight is 563 g/mol. The van der Waals surface area contributed by atoms with Gasteiger partial charge in [-0.25, -0.2) is 9.78 Å².